The molecular formula is C28H50N2O2. The van der Waals surface area contributed by atoms with Gasteiger partial charge in [-0.2, -0.15) is 0 Å². The smallest absolute Gasteiger partial charge is 0.220 e. The van der Waals surface area contributed by atoms with Crippen LogP contribution in [0.25, 0.3) is 0 Å². The normalized spacial score (nSPS) is 11.5. The molecule has 0 radical (unpaired) electrons. The van der Waals surface area contributed by atoms with Crippen LogP contribution in [0.2, 0.25) is 0 Å². The second-order valence-electron chi connectivity index (χ2n) is 10.7. The van der Waals surface area contributed by atoms with E-state index in [1.54, 1.807) is 0 Å². The van der Waals surface area contributed by atoms with E-state index in [2.05, 4.69) is 84.0 Å². The number of nitrogens with zero attached hydrogens (tertiary/aromatic N) is 1. The molecule has 1 rings (SSSR count). The van der Waals surface area contributed by atoms with E-state index in [1.165, 1.54) is 16.7 Å². The molecule has 0 heterocycles. The molecule has 1 aromatic carbocycles. The predicted molar refractivity (Wildman–Crippen MR) is 140 cm³/mol. The summed E-state index contributed by atoms with van der Waals surface area (Å²) in [5, 5.41) is 3.02. The van der Waals surface area contributed by atoms with E-state index >= 15 is 0 Å². The largest absolute Gasteiger partial charge is 0.493 e. The Kier molecular flexibility index (Phi) is 14.2. The van der Waals surface area contributed by atoms with E-state index in [0.29, 0.717) is 24.8 Å². The zero-order valence-corrected chi connectivity index (χ0v) is 22.4. The Hall–Kier alpha value is -1.81. The summed E-state index contributed by atoms with van der Waals surface area (Å²) in [6, 6.07) is 4.54. The molecule has 1 aromatic rings. The van der Waals surface area contributed by atoms with Crippen molar-refractivity contribution in [3.63, 3.8) is 0 Å². The quantitative estimate of drug-likeness (QED) is 0.399. The van der Waals surface area contributed by atoms with Crippen molar-refractivity contribution in [2.24, 2.45) is 11.8 Å². The van der Waals surface area contributed by atoms with Crippen molar-refractivity contribution >= 4 is 5.91 Å². The second-order valence-corrected chi connectivity index (χ2v) is 10.7. The fourth-order valence-corrected chi connectivity index (χ4v) is 3.38. The molecule has 4 nitrogen and oxygen atoms in total. The molecule has 0 aromatic heterocycles. The zero-order valence-electron chi connectivity index (χ0n) is 22.4. The number of hydrogen-bond donors (Lipinski definition) is 1. The molecular weight excluding hydrogens is 396 g/mol. The summed E-state index contributed by atoms with van der Waals surface area (Å²) in [6.07, 6.45) is 3.32. The highest BCUT2D eigenvalue weighted by molar-refractivity contribution is 5.76. The van der Waals surface area contributed by atoms with Crippen LogP contribution >= 0.6 is 0 Å². The number of benzene rings is 1. The Morgan fingerprint density at radius 3 is 2.22 bits per heavy atom. The number of carbonyl (C=O) groups excluding carboxylic acids is 1. The number of nitrogens with one attached hydrogen (secondary N) is 1. The minimum atomic E-state index is -0.0110. The molecule has 0 aliphatic carbocycles. The number of amides is 1. The number of hydrogen-bond acceptors (Lipinski definition) is 3. The highest BCUT2D eigenvalue weighted by atomic mass is 16.5. The van der Waals surface area contributed by atoms with Crippen LogP contribution in [0, 0.1) is 11.8 Å². The van der Waals surface area contributed by atoms with E-state index in [9.17, 15) is 4.79 Å². The third-order valence-corrected chi connectivity index (χ3v) is 5.13. The summed E-state index contributed by atoms with van der Waals surface area (Å²) in [6.45, 7) is 24.0. The lowest BCUT2D eigenvalue weighted by Crippen LogP contribution is -2.31. The van der Waals surface area contributed by atoms with Crippen molar-refractivity contribution in [2.75, 3.05) is 33.8 Å². The maximum atomic E-state index is 12.3. The predicted octanol–water partition coefficient (Wildman–Crippen LogP) is 6.02. The number of carbonyl (C=O) groups is 1. The molecule has 0 fully saturated rings. The Morgan fingerprint density at radius 2 is 1.72 bits per heavy atom. The Bertz CT molecular complexity index is 673. The fourth-order valence-electron chi connectivity index (χ4n) is 3.38. The van der Waals surface area contributed by atoms with Crippen LogP contribution in [0.1, 0.15) is 78.0 Å². The SMILES string of the molecule is C=C.CC(C)CCOc1c(CC(C)C)cc(CCC(=O)NCCN(C)C)cc1C(C)(C)C. The van der Waals surface area contributed by atoms with Crippen LogP contribution in [0.5, 0.6) is 5.75 Å². The molecule has 1 N–H and O–H groups in total. The molecule has 0 saturated heterocycles. The summed E-state index contributed by atoms with van der Waals surface area (Å²) in [5.74, 6) is 2.37. The molecule has 0 spiro atoms. The molecule has 0 saturated carbocycles. The van der Waals surface area contributed by atoms with Crippen LogP contribution in [0.3, 0.4) is 0 Å². The maximum Gasteiger partial charge on any atom is 0.220 e. The Labute approximate surface area is 198 Å². The molecule has 0 aliphatic rings. The second kappa shape index (κ2) is 15.1. The lowest BCUT2D eigenvalue weighted by atomic mass is 9.82. The van der Waals surface area contributed by atoms with Crippen molar-refractivity contribution in [3.8, 4) is 5.75 Å². The van der Waals surface area contributed by atoms with Crippen molar-refractivity contribution in [2.45, 2.75) is 79.6 Å². The van der Waals surface area contributed by atoms with Gasteiger partial charge in [-0.1, -0.05) is 60.6 Å². The van der Waals surface area contributed by atoms with Crippen LogP contribution < -0.4 is 10.1 Å². The van der Waals surface area contributed by atoms with Gasteiger partial charge in [0.1, 0.15) is 5.75 Å². The van der Waals surface area contributed by atoms with E-state index in [1.807, 2.05) is 14.1 Å². The van der Waals surface area contributed by atoms with Gasteiger partial charge in [-0.05, 0) is 61.7 Å². The molecule has 184 valence electrons. The summed E-state index contributed by atoms with van der Waals surface area (Å²) >= 11 is 0. The van der Waals surface area contributed by atoms with Crippen molar-refractivity contribution in [3.05, 3.63) is 42.0 Å². The van der Waals surface area contributed by atoms with Crippen molar-refractivity contribution in [1.29, 1.82) is 0 Å². The Morgan fingerprint density at radius 1 is 1.09 bits per heavy atom. The summed E-state index contributed by atoms with van der Waals surface area (Å²) in [5.41, 5.74) is 3.76. The summed E-state index contributed by atoms with van der Waals surface area (Å²) < 4.78 is 6.38. The number of ether oxygens (including phenoxy) is 1. The van der Waals surface area contributed by atoms with Crippen LogP contribution in [-0.4, -0.2) is 44.6 Å². The maximum absolute atomic E-state index is 12.3. The van der Waals surface area contributed by atoms with Crippen molar-refractivity contribution < 1.29 is 9.53 Å². The zero-order chi connectivity index (χ0) is 24.9. The van der Waals surface area contributed by atoms with Crippen molar-refractivity contribution in [1.82, 2.24) is 10.2 Å². The number of aryl methyl sites for hydroxylation is 1. The fraction of sp³-hybridized carbons (Fsp3) is 0.679. The molecule has 0 aliphatic heterocycles. The van der Waals surface area contributed by atoms with Gasteiger partial charge in [0.25, 0.3) is 0 Å². The van der Waals surface area contributed by atoms with Gasteiger partial charge in [0, 0.05) is 25.1 Å². The van der Waals surface area contributed by atoms with Gasteiger partial charge < -0.3 is 15.0 Å². The van der Waals surface area contributed by atoms with Gasteiger partial charge in [0.05, 0.1) is 6.61 Å². The Balaban J connectivity index is 0.00000466. The van der Waals surface area contributed by atoms with Gasteiger partial charge in [-0.25, -0.2) is 0 Å². The molecule has 32 heavy (non-hydrogen) atoms. The van der Waals surface area contributed by atoms with Gasteiger partial charge in [0.15, 0.2) is 0 Å². The minimum Gasteiger partial charge on any atom is -0.493 e. The van der Waals surface area contributed by atoms with Gasteiger partial charge in [-0.3, -0.25) is 4.79 Å². The van der Waals surface area contributed by atoms with E-state index in [-0.39, 0.29) is 11.3 Å². The summed E-state index contributed by atoms with van der Waals surface area (Å²) in [7, 11) is 4.03. The highest BCUT2D eigenvalue weighted by Crippen LogP contribution is 2.37. The lowest BCUT2D eigenvalue weighted by molar-refractivity contribution is -0.121. The highest BCUT2D eigenvalue weighted by Gasteiger charge is 2.23. The average molecular weight is 447 g/mol. The van der Waals surface area contributed by atoms with E-state index < -0.39 is 0 Å². The first kappa shape index (κ1) is 30.2. The first-order valence-electron chi connectivity index (χ1n) is 12.1. The first-order chi connectivity index (χ1) is 14.9. The first-order valence-corrected chi connectivity index (χ1v) is 12.1. The third-order valence-electron chi connectivity index (χ3n) is 5.13. The van der Waals surface area contributed by atoms with Crippen LogP contribution in [0.15, 0.2) is 25.3 Å². The molecule has 1 amide bonds. The van der Waals surface area contributed by atoms with E-state index in [4.69, 9.17) is 4.74 Å². The topological polar surface area (TPSA) is 41.6 Å². The monoisotopic (exact) mass is 446 g/mol. The number of likely N-dealkylation sites (N-methyl/N-ethyl adjacent to an activating group) is 1. The van der Waals surface area contributed by atoms with E-state index in [0.717, 1.165) is 38.2 Å². The van der Waals surface area contributed by atoms with Gasteiger partial charge in [-0.15, -0.1) is 13.2 Å². The summed E-state index contributed by atoms with van der Waals surface area (Å²) in [4.78, 5) is 14.3. The molecule has 0 unspecified atom stereocenters. The molecule has 0 bridgehead atoms. The third kappa shape index (κ3) is 12.3. The number of rotatable bonds is 12. The van der Waals surface area contributed by atoms with Gasteiger partial charge in [0.2, 0.25) is 5.91 Å². The molecule has 0 atom stereocenters. The average Bonchev–Trinajstić information content (AvgIpc) is 2.67. The van der Waals surface area contributed by atoms with Crippen LogP contribution in [0.4, 0.5) is 0 Å². The van der Waals surface area contributed by atoms with Crippen LogP contribution in [-0.2, 0) is 23.1 Å². The lowest BCUT2D eigenvalue weighted by Gasteiger charge is -2.27. The molecule has 4 heteroatoms. The standard InChI is InChI=1S/C26H46N2O2.C2H4/c1-19(2)12-15-30-25-22(16-20(3)4)17-21(18-23(25)26(5,6)7)10-11-24(29)27-13-14-28(8)9;1-2/h17-20H,10-16H2,1-9H3,(H,27,29);1-2H2. The minimum absolute atomic E-state index is 0.0110. The van der Waals surface area contributed by atoms with Gasteiger partial charge >= 0.3 is 0 Å².